The topological polar surface area (TPSA) is 71.8 Å². The molecule has 7 heteroatoms. The van der Waals surface area contributed by atoms with Gasteiger partial charge in [0.15, 0.2) is 0 Å². The summed E-state index contributed by atoms with van der Waals surface area (Å²) in [6, 6.07) is 15.4. The van der Waals surface area contributed by atoms with Gasteiger partial charge >= 0.3 is 6.03 Å². The van der Waals surface area contributed by atoms with Crippen LogP contribution in [0.25, 0.3) is 11.4 Å². The van der Waals surface area contributed by atoms with Gasteiger partial charge in [-0.2, -0.15) is 0 Å². The Bertz CT molecular complexity index is 1170. The predicted octanol–water partition coefficient (Wildman–Crippen LogP) is 5.08. The number of rotatable bonds is 5. The maximum atomic E-state index is 13.9. The van der Waals surface area contributed by atoms with Gasteiger partial charge in [0.2, 0.25) is 0 Å². The number of aryl methyl sites for hydroxylation is 1. The number of carbonyl (C=O) groups is 1. The first-order valence-electron chi connectivity index (χ1n) is 9.43. The molecule has 0 saturated carbocycles. The molecule has 0 spiro atoms. The Morgan fingerprint density at radius 3 is 2.70 bits per heavy atom. The van der Waals surface area contributed by atoms with Gasteiger partial charge in [-0.15, -0.1) is 0 Å². The Hall–Kier alpha value is -4.00. The van der Waals surface area contributed by atoms with Crippen LogP contribution < -0.4 is 10.6 Å². The second-order valence-electron chi connectivity index (χ2n) is 6.88. The Balaban J connectivity index is 1.47. The van der Waals surface area contributed by atoms with Crippen molar-refractivity contribution < 1.29 is 9.18 Å². The third-order valence-electron chi connectivity index (χ3n) is 4.56. The number of pyridine rings is 1. The van der Waals surface area contributed by atoms with Gasteiger partial charge in [0.05, 0.1) is 5.69 Å². The highest BCUT2D eigenvalue weighted by molar-refractivity contribution is 5.99. The van der Waals surface area contributed by atoms with E-state index in [1.54, 1.807) is 36.8 Å². The third kappa shape index (κ3) is 4.52. The monoisotopic (exact) mass is 401 g/mol. The van der Waals surface area contributed by atoms with Crippen LogP contribution in [-0.2, 0) is 6.54 Å². The first-order chi connectivity index (χ1) is 14.6. The van der Waals surface area contributed by atoms with Crippen LogP contribution >= 0.6 is 0 Å². The van der Waals surface area contributed by atoms with Crippen molar-refractivity contribution >= 4 is 17.4 Å². The lowest BCUT2D eigenvalue weighted by Gasteiger charge is -2.11. The number of nitrogens with zero attached hydrogens (tertiary/aromatic N) is 3. The summed E-state index contributed by atoms with van der Waals surface area (Å²) in [5.41, 5.74) is 3.58. The number of benzene rings is 2. The van der Waals surface area contributed by atoms with E-state index in [1.165, 1.54) is 6.07 Å². The van der Waals surface area contributed by atoms with E-state index >= 15 is 0 Å². The number of carbonyl (C=O) groups excluding carboxylic acids is 1. The molecule has 2 heterocycles. The van der Waals surface area contributed by atoms with Gasteiger partial charge in [0.25, 0.3) is 0 Å². The van der Waals surface area contributed by atoms with Gasteiger partial charge in [-0.05, 0) is 54.4 Å². The SMILES string of the molecule is Cc1ccc(F)c(NC(=O)Nc2cccc(Cn3ccnc3-c3ccncc3)c2)c1. The molecule has 0 aliphatic heterocycles. The molecule has 4 rings (SSSR count). The maximum Gasteiger partial charge on any atom is 0.323 e. The molecule has 150 valence electrons. The van der Waals surface area contributed by atoms with E-state index in [0.29, 0.717) is 12.2 Å². The zero-order valence-electron chi connectivity index (χ0n) is 16.3. The van der Waals surface area contributed by atoms with Crippen molar-refractivity contribution in [1.82, 2.24) is 14.5 Å². The van der Waals surface area contributed by atoms with E-state index in [9.17, 15) is 9.18 Å². The van der Waals surface area contributed by atoms with Crippen LogP contribution in [0.15, 0.2) is 79.4 Å². The van der Waals surface area contributed by atoms with Gasteiger partial charge in [0.1, 0.15) is 11.6 Å². The fourth-order valence-corrected chi connectivity index (χ4v) is 3.16. The number of hydrogen-bond acceptors (Lipinski definition) is 3. The summed E-state index contributed by atoms with van der Waals surface area (Å²) in [6.07, 6.45) is 7.12. The van der Waals surface area contributed by atoms with Crippen molar-refractivity contribution in [2.75, 3.05) is 10.6 Å². The van der Waals surface area contributed by atoms with Gasteiger partial charge in [-0.3, -0.25) is 4.98 Å². The molecular weight excluding hydrogens is 381 g/mol. The Morgan fingerprint density at radius 1 is 1.03 bits per heavy atom. The highest BCUT2D eigenvalue weighted by atomic mass is 19.1. The number of imidazole rings is 1. The molecule has 2 aromatic heterocycles. The lowest BCUT2D eigenvalue weighted by atomic mass is 10.2. The number of urea groups is 1. The molecule has 0 radical (unpaired) electrons. The molecule has 0 bridgehead atoms. The van der Waals surface area contributed by atoms with Crippen LogP contribution in [0, 0.1) is 12.7 Å². The normalized spacial score (nSPS) is 10.6. The summed E-state index contributed by atoms with van der Waals surface area (Å²) in [4.78, 5) is 20.8. The summed E-state index contributed by atoms with van der Waals surface area (Å²) < 4.78 is 15.9. The largest absolute Gasteiger partial charge is 0.327 e. The summed E-state index contributed by atoms with van der Waals surface area (Å²) in [5.74, 6) is 0.358. The number of halogens is 1. The molecule has 0 fully saturated rings. The van der Waals surface area contributed by atoms with Crippen molar-refractivity contribution in [3.8, 4) is 11.4 Å². The molecule has 0 aliphatic rings. The smallest absolute Gasteiger partial charge is 0.323 e. The molecule has 0 atom stereocenters. The minimum Gasteiger partial charge on any atom is -0.327 e. The molecule has 2 N–H and O–H groups in total. The lowest BCUT2D eigenvalue weighted by Crippen LogP contribution is -2.20. The molecule has 6 nitrogen and oxygen atoms in total. The maximum absolute atomic E-state index is 13.9. The summed E-state index contributed by atoms with van der Waals surface area (Å²) in [7, 11) is 0. The van der Waals surface area contributed by atoms with Crippen LogP contribution in [-0.4, -0.2) is 20.6 Å². The van der Waals surface area contributed by atoms with Crippen molar-refractivity contribution in [2.24, 2.45) is 0 Å². The van der Waals surface area contributed by atoms with Crippen LogP contribution in [0.2, 0.25) is 0 Å². The van der Waals surface area contributed by atoms with Gasteiger partial charge < -0.3 is 15.2 Å². The van der Waals surface area contributed by atoms with Crippen molar-refractivity contribution in [3.05, 3.63) is 96.3 Å². The first kappa shape index (κ1) is 19.3. The number of nitrogens with one attached hydrogen (secondary N) is 2. The molecule has 2 amide bonds. The van der Waals surface area contributed by atoms with Crippen molar-refractivity contribution in [3.63, 3.8) is 0 Å². The predicted molar refractivity (Wildman–Crippen MR) is 115 cm³/mol. The van der Waals surface area contributed by atoms with Gasteiger partial charge in [-0.25, -0.2) is 14.2 Å². The van der Waals surface area contributed by atoms with E-state index < -0.39 is 11.8 Å². The molecule has 0 aliphatic carbocycles. The Morgan fingerprint density at radius 2 is 1.87 bits per heavy atom. The van der Waals surface area contributed by atoms with Crippen molar-refractivity contribution in [2.45, 2.75) is 13.5 Å². The molecular formula is C23H20FN5O. The summed E-state index contributed by atoms with van der Waals surface area (Å²) in [5, 5.41) is 5.30. The second-order valence-corrected chi connectivity index (χ2v) is 6.88. The molecule has 0 unspecified atom stereocenters. The van der Waals surface area contributed by atoms with E-state index in [2.05, 4.69) is 20.6 Å². The van der Waals surface area contributed by atoms with Gasteiger partial charge in [0, 0.05) is 42.6 Å². The minimum atomic E-state index is -0.503. The fourth-order valence-electron chi connectivity index (χ4n) is 3.16. The summed E-state index contributed by atoms with van der Waals surface area (Å²) in [6.45, 7) is 2.42. The highest BCUT2D eigenvalue weighted by Crippen LogP contribution is 2.20. The first-order valence-corrected chi connectivity index (χ1v) is 9.43. The molecule has 30 heavy (non-hydrogen) atoms. The highest BCUT2D eigenvalue weighted by Gasteiger charge is 2.09. The number of aromatic nitrogens is 3. The Labute approximate surface area is 173 Å². The van der Waals surface area contributed by atoms with E-state index in [1.807, 2.05) is 48.0 Å². The van der Waals surface area contributed by atoms with Crippen LogP contribution in [0.4, 0.5) is 20.6 Å². The van der Waals surface area contributed by atoms with E-state index in [0.717, 1.165) is 22.5 Å². The minimum absolute atomic E-state index is 0.143. The zero-order valence-corrected chi connectivity index (χ0v) is 16.3. The number of amides is 2. The van der Waals surface area contributed by atoms with E-state index in [-0.39, 0.29) is 5.69 Å². The molecule has 0 saturated heterocycles. The van der Waals surface area contributed by atoms with Crippen LogP contribution in [0.5, 0.6) is 0 Å². The number of anilines is 2. The zero-order chi connectivity index (χ0) is 20.9. The average molecular weight is 401 g/mol. The standard InChI is InChI=1S/C23H20FN5O/c1-16-5-6-20(24)21(13-16)28-23(30)27-19-4-2-3-17(14-19)15-29-12-11-26-22(29)18-7-9-25-10-8-18/h2-14H,15H2,1H3,(H2,27,28,30). The van der Waals surface area contributed by atoms with Crippen molar-refractivity contribution in [1.29, 1.82) is 0 Å². The lowest BCUT2D eigenvalue weighted by molar-refractivity contribution is 0.262. The van der Waals surface area contributed by atoms with E-state index in [4.69, 9.17) is 0 Å². The quantitative estimate of drug-likeness (QED) is 0.490. The second kappa shape index (κ2) is 8.57. The third-order valence-corrected chi connectivity index (χ3v) is 4.56. The fraction of sp³-hybridized carbons (Fsp3) is 0.0870. The van der Waals surface area contributed by atoms with Crippen LogP contribution in [0.3, 0.4) is 0 Å². The van der Waals surface area contributed by atoms with Gasteiger partial charge in [-0.1, -0.05) is 18.2 Å². The average Bonchev–Trinajstić information content (AvgIpc) is 3.20. The number of hydrogen-bond donors (Lipinski definition) is 2. The molecule has 2 aromatic carbocycles. The van der Waals surface area contributed by atoms with Crippen LogP contribution in [0.1, 0.15) is 11.1 Å². The molecule has 4 aromatic rings. The summed E-state index contributed by atoms with van der Waals surface area (Å²) >= 11 is 0. The Kier molecular flexibility index (Phi) is 5.52.